The molecule has 6 heteroatoms. The van der Waals surface area contributed by atoms with Crippen LogP contribution in [-0.4, -0.2) is 23.2 Å². The highest BCUT2D eigenvalue weighted by Crippen LogP contribution is 2.30. The third-order valence-corrected chi connectivity index (χ3v) is 4.28. The summed E-state index contributed by atoms with van der Waals surface area (Å²) in [6.45, 7) is 2.44. The van der Waals surface area contributed by atoms with E-state index in [2.05, 4.69) is 22.4 Å². The average Bonchev–Trinajstić information content (AvgIpc) is 3.09. The Morgan fingerprint density at radius 2 is 1.92 bits per heavy atom. The van der Waals surface area contributed by atoms with Gasteiger partial charge in [0.25, 0.3) is 5.89 Å². The SMILES string of the molecule is CNC(C)Cc1noc(-c2ccccc2OCc2ccccc2Cl)n1. The summed E-state index contributed by atoms with van der Waals surface area (Å²) in [5, 5.41) is 7.89. The average molecular weight is 358 g/mol. The summed E-state index contributed by atoms with van der Waals surface area (Å²) in [6, 6.07) is 15.5. The summed E-state index contributed by atoms with van der Waals surface area (Å²) < 4.78 is 11.4. The van der Waals surface area contributed by atoms with Gasteiger partial charge < -0.3 is 14.6 Å². The van der Waals surface area contributed by atoms with Crippen molar-refractivity contribution >= 4 is 11.6 Å². The Hall–Kier alpha value is -2.37. The van der Waals surface area contributed by atoms with Gasteiger partial charge in [0, 0.05) is 23.0 Å². The van der Waals surface area contributed by atoms with Crippen LogP contribution in [0.2, 0.25) is 5.02 Å². The molecule has 1 atom stereocenters. The number of ether oxygens (including phenoxy) is 1. The Kier molecular flexibility index (Phi) is 5.68. The Labute approximate surface area is 152 Å². The van der Waals surface area contributed by atoms with Crippen LogP contribution >= 0.6 is 11.6 Å². The molecule has 1 aromatic heterocycles. The van der Waals surface area contributed by atoms with E-state index in [1.54, 1.807) is 0 Å². The summed E-state index contributed by atoms with van der Waals surface area (Å²) in [6.07, 6.45) is 0.697. The zero-order chi connectivity index (χ0) is 17.6. The van der Waals surface area contributed by atoms with Crippen molar-refractivity contribution in [3.05, 3.63) is 64.9 Å². The van der Waals surface area contributed by atoms with Gasteiger partial charge in [-0.05, 0) is 32.2 Å². The third kappa shape index (κ3) is 4.38. The van der Waals surface area contributed by atoms with Gasteiger partial charge in [0.2, 0.25) is 0 Å². The second-order valence-electron chi connectivity index (χ2n) is 5.79. The van der Waals surface area contributed by atoms with Crippen molar-refractivity contribution in [1.29, 1.82) is 0 Å². The number of para-hydroxylation sites is 1. The zero-order valence-corrected chi connectivity index (χ0v) is 15.0. The van der Waals surface area contributed by atoms with Crippen LogP contribution in [-0.2, 0) is 13.0 Å². The number of hydrogen-bond acceptors (Lipinski definition) is 5. The number of aromatic nitrogens is 2. The van der Waals surface area contributed by atoms with E-state index in [9.17, 15) is 0 Å². The standard InChI is InChI=1S/C19H20ClN3O2/c1-13(21-2)11-18-22-19(25-23-18)15-8-4-6-10-17(15)24-12-14-7-3-5-9-16(14)20/h3-10,13,21H,11-12H2,1-2H3. The molecule has 0 spiro atoms. The Morgan fingerprint density at radius 1 is 1.16 bits per heavy atom. The number of nitrogens with zero attached hydrogens (tertiary/aromatic N) is 2. The Bertz CT molecular complexity index is 835. The number of likely N-dealkylation sites (N-methyl/N-ethyl adjacent to an activating group) is 1. The fraction of sp³-hybridized carbons (Fsp3) is 0.263. The minimum absolute atomic E-state index is 0.275. The van der Waals surface area contributed by atoms with Crippen LogP contribution in [0.5, 0.6) is 5.75 Å². The fourth-order valence-corrected chi connectivity index (χ4v) is 2.55. The maximum Gasteiger partial charge on any atom is 0.261 e. The number of nitrogens with one attached hydrogen (secondary N) is 1. The van der Waals surface area contributed by atoms with Crippen molar-refractivity contribution in [2.45, 2.75) is 26.0 Å². The van der Waals surface area contributed by atoms with Crippen molar-refractivity contribution in [2.24, 2.45) is 0 Å². The minimum atomic E-state index is 0.275. The Balaban J connectivity index is 1.78. The molecule has 0 aliphatic rings. The van der Waals surface area contributed by atoms with Crippen LogP contribution in [0.25, 0.3) is 11.5 Å². The maximum atomic E-state index is 6.19. The number of hydrogen-bond donors (Lipinski definition) is 1. The van der Waals surface area contributed by atoms with E-state index in [1.807, 2.05) is 55.6 Å². The molecule has 1 unspecified atom stereocenters. The molecule has 0 bridgehead atoms. The van der Waals surface area contributed by atoms with Gasteiger partial charge in [0.15, 0.2) is 5.82 Å². The zero-order valence-electron chi connectivity index (χ0n) is 14.2. The van der Waals surface area contributed by atoms with Gasteiger partial charge in [-0.3, -0.25) is 0 Å². The molecule has 1 N–H and O–H groups in total. The van der Waals surface area contributed by atoms with Gasteiger partial charge in [-0.15, -0.1) is 0 Å². The normalized spacial score (nSPS) is 12.1. The van der Waals surface area contributed by atoms with E-state index < -0.39 is 0 Å². The summed E-state index contributed by atoms with van der Waals surface area (Å²) in [7, 11) is 1.91. The third-order valence-electron chi connectivity index (χ3n) is 3.91. The van der Waals surface area contributed by atoms with Crippen LogP contribution in [0.4, 0.5) is 0 Å². The van der Waals surface area contributed by atoms with Crippen molar-refractivity contribution < 1.29 is 9.26 Å². The molecule has 0 radical (unpaired) electrons. The van der Waals surface area contributed by atoms with Crippen LogP contribution in [0.3, 0.4) is 0 Å². The lowest BCUT2D eigenvalue weighted by Gasteiger charge is -2.10. The molecular formula is C19H20ClN3O2. The van der Waals surface area contributed by atoms with E-state index in [0.29, 0.717) is 35.5 Å². The van der Waals surface area contributed by atoms with Gasteiger partial charge in [0.1, 0.15) is 12.4 Å². The molecule has 0 saturated carbocycles. The molecule has 0 amide bonds. The van der Waals surface area contributed by atoms with E-state index in [4.69, 9.17) is 20.9 Å². The summed E-state index contributed by atoms with van der Waals surface area (Å²) in [5.74, 6) is 1.80. The predicted molar refractivity (Wildman–Crippen MR) is 97.7 cm³/mol. The lowest BCUT2D eigenvalue weighted by atomic mass is 10.2. The van der Waals surface area contributed by atoms with Gasteiger partial charge in [-0.1, -0.05) is 47.1 Å². The van der Waals surface area contributed by atoms with Crippen LogP contribution in [0.15, 0.2) is 53.1 Å². The Morgan fingerprint density at radius 3 is 2.72 bits per heavy atom. The molecule has 1 heterocycles. The summed E-state index contributed by atoms with van der Waals surface area (Å²) in [4.78, 5) is 4.48. The largest absolute Gasteiger partial charge is 0.488 e. The highest BCUT2D eigenvalue weighted by Gasteiger charge is 2.15. The molecule has 130 valence electrons. The first-order valence-corrected chi connectivity index (χ1v) is 8.50. The molecule has 0 aliphatic carbocycles. The quantitative estimate of drug-likeness (QED) is 0.689. The molecule has 0 aliphatic heterocycles. The topological polar surface area (TPSA) is 60.2 Å². The fourth-order valence-electron chi connectivity index (χ4n) is 2.36. The number of benzene rings is 2. The van der Waals surface area contributed by atoms with Crippen LogP contribution in [0.1, 0.15) is 18.3 Å². The van der Waals surface area contributed by atoms with Gasteiger partial charge >= 0.3 is 0 Å². The van der Waals surface area contributed by atoms with Crippen molar-refractivity contribution in [3.63, 3.8) is 0 Å². The van der Waals surface area contributed by atoms with Gasteiger partial charge in [-0.25, -0.2) is 0 Å². The first-order valence-electron chi connectivity index (χ1n) is 8.13. The number of halogens is 1. The minimum Gasteiger partial charge on any atom is -0.488 e. The molecule has 25 heavy (non-hydrogen) atoms. The second-order valence-corrected chi connectivity index (χ2v) is 6.19. The molecular weight excluding hydrogens is 338 g/mol. The molecule has 2 aromatic carbocycles. The summed E-state index contributed by atoms with van der Waals surface area (Å²) >= 11 is 6.19. The molecule has 3 aromatic rings. The lowest BCUT2D eigenvalue weighted by Crippen LogP contribution is -2.24. The molecule has 5 nitrogen and oxygen atoms in total. The summed E-state index contributed by atoms with van der Waals surface area (Å²) in [5.41, 5.74) is 1.69. The van der Waals surface area contributed by atoms with E-state index >= 15 is 0 Å². The van der Waals surface area contributed by atoms with Crippen LogP contribution in [0, 0.1) is 0 Å². The van der Waals surface area contributed by atoms with Crippen molar-refractivity contribution in [1.82, 2.24) is 15.5 Å². The smallest absolute Gasteiger partial charge is 0.261 e. The first kappa shape index (κ1) is 17.5. The van der Waals surface area contributed by atoms with Crippen molar-refractivity contribution in [3.8, 4) is 17.2 Å². The maximum absolute atomic E-state index is 6.19. The first-order chi connectivity index (χ1) is 12.2. The monoisotopic (exact) mass is 357 g/mol. The molecule has 0 saturated heterocycles. The molecule has 0 fully saturated rings. The predicted octanol–water partition coefficient (Wildman–Crippen LogP) is 4.12. The lowest BCUT2D eigenvalue weighted by molar-refractivity contribution is 0.306. The second kappa shape index (κ2) is 8.14. The van der Waals surface area contributed by atoms with E-state index in [0.717, 1.165) is 11.1 Å². The van der Waals surface area contributed by atoms with E-state index in [1.165, 1.54) is 0 Å². The van der Waals surface area contributed by atoms with Crippen molar-refractivity contribution in [2.75, 3.05) is 7.05 Å². The van der Waals surface area contributed by atoms with Gasteiger partial charge in [-0.2, -0.15) is 4.98 Å². The molecule has 3 rings (SSSR count). The van der Waals surface area contributed by atoms with Crippen LogP contribution < -0.4 is 10.1 Å². The van der Waals surface area contributed by atoms with Gasteiger partial charge in [0.05, 0.1) is 5.56 Å². The highest BCUT2D eigenvalue weighted by atomic mass is 35.5. The van der Waals surface area contributed by atoms with E-state index in [-0.39, 0.29) is 6.04 Å². The highest BCUT2D eigenvalue weighted by molar-refractivity contribution is 6.31. The number of rotatable bonds is 7.